The highest BCUT2D eigenvalue weighted by atomic mass is 16.2. The molecule has 0 spiro atoms. The quantitative estimate of drug-likeness (QED) is 0.845. The van der Waals surface area contributed by atoms with Crippen LogP contribution in [0.1, 0.15) is 35.2 Å². The van der Waals surface area contributed by atoms with Crippen molar-refractivity contribution in [3.63, 3.8) is 0 Å². The summed E-state index contributed by atoms with van der Waals surface area (Å²) in [6.07, 6.45) is 3.70. The molecule has 2 amide bonds. The first-order chi connectivity index (χ1) is 9.59. The van der Waals surface area contributed by atoms with Gasteiger partial charge in [0.05, 0.1) is 6.42 Å². The second-order valence-corrected chi connectivity index (χ2v) is 5.47. The number of benzene rings is 1. The van der Waals surface area contributed by atoms with Gasteiger partial charge in [-0.3, -0.25) is 9.59 Å². The van der Waals surface area contributed by atoms with E-state index in [0.717, 1.165) is 31.5 Å². The highest BCUT2D eigenvalue weighted by Gasteiger charge is 2.20. The lowest BCUT2D eigenvalue weighted by Gasteiger charge is -2.27. The Balaban J connectivity index is 2.12. The Labute approximate surface area is 120 Å². The van der Waals surface area contributed by atoms with Gasteiger partial charge < -0.3 is 9.80 Å². The van der Waals surface area contributed by atoms with Gasteiger partial charge in [-0.15, -0.1) is 0 Å². The molecule has 1 aromatic carbocycles. The summed E-state index contributed by atoms with van der Waals surface area (Å²) >= 11 is 0. The van der Waals surface area contributed by atoms with E-state index in [1.165, 1.54) is 6.42 Å². The van der Waals surface area contributed by atoms with Crippen molar-refractivity contribution < 1.29 is 9.59 Å². The van der Waals surface area contributed by atoms with Crippen molar-refractivity contribution in [2.75, 3.05) is 27.2 Å². The molecule has 1 aliphatic heterocycles. The number of hydrogen-bond acceptors (Lipinski definition) is 2. The Morgan fingerprint density at radius 3 is 2.40 bits per heavy atom. The van der Waals surface area contributed by atoms with Gasteiger partial charge in [0.25, 0.3) is 5.91 Å². The van der Waals surface area contributed by atoms with Crippen LogP contribution in [-0.4, -0.2) is 48.8 Å². The van der Waals surface area contributed by atoms with Gasteiger partial charge in [0, 0.05) is 32.7 Å². The van der Waals surface area contributed by atoms with Crippen LogP contribution in [0.2, 0.25) is 0 Å². The smallest absolute Gasteiger partial charge is 0.253 e. The van der Waals surface area contributed by atoms with E-state index in [-0.39, 0.29) is 11.8 Å². The number of hydrogen-bond donors (Lipinski definition) is 0. The number of piperidine rings is 1. The fraction of sp³-hybridized carbons (Fsp3) is 0.500. The SMILES string of the molecule is CN(C)C(=O)c1ccccc1CC(=O)N1CCCCC1. The van der Waals surface area contributed by atoms with Crippen LogP contribution in [0.4, 0.5) is 0 Å². The molecular formula is C16H22N2O2. The molecule has 0 atom stereocenters. The maximum absolute atomic E-state index is 12.3. The van der Waals surface area contributed by atoms with Crippen LogP contribution in [0.25, 0.3) is 0 Å². The largest absolute Gasteiger partial charge is 0.345 e. The molecule has 20 heavy (non-hydrogen) atoms. The Morgan fingerprint density at radius 1 is 1.10 bits per heavy atom. The summed E-state index contributed by atoms with van der Waals surface area (Å²) in [5, 5.41) is 0. The van der Waals surface area contributed by atoms with E-state index in [4.69, 9.17) is 0 Å². The normalized spacial score (nSPS) is 15.0. The summed E-state index contributed by atoms with van der Waals surface area (Å²) in [6, 6.07) is 7.39. The first-order valence-corrected chi connectivity index (χ1v) is 7.17. The second kappa shape index (κ2) is 6.55. The fourth-order valence-electron chi connectivity index (χ4n) is 2.54. The topological polar surface area (TPSA) is 40.6 Å². The van der Waals surface area contributed by atoms with Crippen LogP contribution < -0.4 is 0 Å². The van der Waals surface area contributed by atoms with E-state index in [1.54, 1.807) is 25.1 Å². The molecule has 4 heteroatoms. The molecule has 0 radical (unpaired) electrons. The van der Waals surface area contributed by atoms with Gasteiger partial charge in [-0.2, -0.15) is 0 Å². The van der Waals surface area contributed by atoms with Crippen molar-refractivity contribution in [2.24, 2.45) is 0 Å². The Kier molecular flexibility index (Phi) is 4.77. The van der Waals surface area contributed by atoms with E-state index >= 15 is 0 Å². The Bertz CT molecular complexity index is 491. The van der Waals surface area contributed by atoms with Crippen LogP contribution in [0.5, 0.6) is 0 Å². The predicted octanol–water partition coefficient (Wildman–Crippen LogP) is 1.94. The number of amides is 2. The van der Waals surface area contributed by atoms with E-state index < -0.39 is 0 Å². The average Bonchev–Trinajstić information content (AvgIpc) is 2.48. The number of nitrogens with zero attached hydrogens (tertiary/aromatic N) is 2. The predicted molar refractivity (Wildman–Crippen MR) is 78.6 cm³/mol. The number of carbonyl (C=O) groups excluding carboxylic acids is 2. The molecule has 0 N–H and O–H groups in total. The minimum Gasteiger partial charge on any atom is -0.345 e. The zero-order chi connectivity index (χ0) is 14.5. The monoisotopic (exact) mass is 274 g/mol. The number of carbonyl (C=O) groups is 2. The van der Waals surface area contributed by atoms with Crippen molar-refractivity contribution in [1.82, 2.24) is 9.80 Å². The van der Waals surface area contributed by atoms with Crippen LogP contribution in [0.15, 0.2) is 24.3 Å². The molecule has 0 unspecified atom stereocenters. The molecule has 0 aromatic heterocycles. The standard InChI is InChI=1S/C16H22N2O2/c1-17(2)16(20)14-9-5-4-8-13(14)12-15(19)18-10-6-3-7-11-18/h4-5,8-9H,3,6-7,10-12H2,1-2H3. The van der Waals surface area contributed by atoms with Gasteiger partial charge in [-0.25, -0.2) is 0 Å². The first kappa shape index (κ1) is 14.6. The van der Waals surface area contributed by atoms with Crippen LogP contribution in [0.3, 0.4) is 0 Å². The molecule has 1 fully saturated rings. The number of rotatable bonds is 3. The van der Waals surface area contributed by atoms with Crippen molar-refractivity contribution in [3.05, 3.63) is 35.4 Å². The highest BCUT2D eigenvalue weighted by molar-refractivity contribution is 5.96. The first-order valence-electron chi connectivity index (χ1n) is 7.17. The maximum Gasteiger partial charge on any atom is 0.253 e. The minimum absolute atomic E-state index is 0.0490. The van der Waals surface area contributed by atoms with Crippen LogP contribution in [0, 0.1) is 0 Å². The molecule has 0 bridgehead atoms. The van der Waals surface area contributed by atoms with E-state index in [1.807, 2.05) is 23.1 Å². The molecule has 1 saturated heterocycles. The molecule has 4 nitrogen and oxygen atoms in total. The third kappa shape index (κ3) is 3.38. The molecule has 108 valence electrons. The maximum atomic E-state index is 12.3. The second-order valence-electron chi connectivity index (χ2n) is 5.47. The van der Waals surface area contributed by atoms with Gasteiger partial charge in [0.1, 0.15) is 0 Å². The minimum atomic E-state index is -0.0490. The third-order valence-corrected chi connectivity index (χ3v) is 3.70. The molecule has 2 rings (SSSR count). The summed E-state index contributed by atoms with van der Waals surface area (Å²) in [5.41, 5.74) is 1.45. The summed E-state index contributed by atoms with van der Waals surface area (Å²) in [7, 11) is 3.46. The Morgan fingerprint density at radius 2 is 1.75 bits per heavy atom. The summed E-state index contributed by atoms with van der Waals surface area (Å²) in [6.45, 7) is 1.70. The zero-order valence-electron chi connectivity index (χ0n) is 12.3. The third-order valence-electron chi connectivity index (χ3n) is 3.70. The van der Waals surface area contributed by atoms with Crippen molar-refractivity contribution in [2.45, 2.75) is 25.7 Å². The lowest BCUT2D eigenvalue weighted by atomic mass is 10.0. The molecule has 0 saturated carbocycles. The van der Waals surface area contributed by atoms with Gasteiger partial charge in [-0.1, -0.05) is 18.2 Å². The summed E-state index contributed by atoms with van der Waals surface area (Å²) in [4.78, 5) is 27.9. The zero-order valence-corrected chi connectivity index (χ0v) is 12.3. The van der Waals surface area contributed by atoms with Crippen LogP contribution >= 0.6 is 0 Å². The van der Waals surface area contributed by atoms with Crippen molar-refractivity contribution in [3.8, 4) is 0 Å². The van der Waals surface area contributed by atoms with Gasteiger partial charge in [-0.05, 0) is 30.9 Å². The average molecular weight is 274 g/mol. The van der Waals surface area contributed by atoms with E-state index in [0.29, 0.717) is 12.0 Å². The summed E-state index contributed by atoms with van der Waals surface area (Å²) in [5.74, 6) is 0.0794. The molecule has 1 aliphatic rings. The fourth-order valence-corrected chi connectivity index (χ4v) is 2.54. The van der Waals surface area contributed by atoms with E-state index in [2.05, 4.69) is 0 Å². The summed E-state index contributed by atoms with van der Waals surface area (Å²) < 4.78 is 0. The molecule has 1 aromatic rings. The van der Waals surface area contributed by atoms with Gasteiger partial charge in [0.15, 0.2) is 0 Å². The number of likely N-dealkylation sites (tertiary alicyclic amines) is 1. The lowest BCUT2D eigenvalue weighted by Crippen LogP contribution is -2.37. The van der Waals surface area contributed by atoms with Crippen LogP contribution in [-0.2, 0) is 11.2 Å². The molecule has 0 aliphatic carbocycles. The van der Waals surface area contributed by atoms with Gasteiger partial charge >= 0.3 is 0 Å². The highest BCUT2D eigenvalue weighted by Crippen LogP contribution is 2.15. The molecular weight excluding hydrogens is 252 g/mol. The molecule has 1 heterocycles. The van der Waals surface area contributed by atoms with Crippen molar-refractivity contribution >= 4 is 11.8 Å². The van der Waals surface area contributed by atoms with Crippen molar-refractivity contribution in [1.29, 1.82) is 0 Å². The van der Waals surface area contributed by atoms with Gasteiger partial charge in [0.2, 0.25) is 5.91 Å². The van der Waals surface area contributed by atoms with E-state index in [9.17, 15) is 9.59 Å². The lowest BCUT2D eigenvalue weighted by molar-refractivity contribution is -0.131. The Hall–Kier alpha value is -1.84.